The molecular weight excluding hydrogens is 328 g/mol. The molecule has 1 fully saturated rings. The van der Waals surface area contributed by atoms with E-state index in [1.807, 2.05) is 13.8 Å². The summed E-state index contributed by atoms with van der Waals surface area (Å²) in [5, 5.41) is 2.55. The van der Waals surface area contributed by atoms with Gasteiger partial charge in [0.2, 0.25) is 5.91 Å². The molecule has 7 heteroatoms. The van der Waals surface area contributed by atoms with Gasteiger partial charge in [-0.3, -0.25) is 9.59 Å². The van der Waals surface area contributed by atoms with Crippen LogP contribution in [-0.2, 0) is 9.53 Å². The summed E-state index contributed by atoms with van der Waals surface area (Å²) in [6, 6.07) is 3.17. The number of carbonyl (C=O) groups excluding carboxylic acids is 2. The Morgan fingerprint density at radius 1 is 1.45 bits per heavy atom. The first kappa shape index (κ1) is 15.1. The molecule has 1 aliphatic heterocycles. The van der Waals surface area contributed by atoms with Crippen LogP contribution in [0.25, 0.3) is 0 Å². The first-order valence-electron chi connectivity index (χ1n) is 6.33. The van der Waals surface area contributed by atoms with Gasteiger partial charge in [0.25, 0.3) is 5.91 Å². The maximum absolute atomic E-state index is 12.0. The van der Waals surface area contributed by atoms with Crippen LogP contribution >= 0.6 is 15.9 Å². The summed E-state index contributed by atoms with van der Waals surface area (Å²) in [6.45, 7) is 5.40. The van der Waals surface area contributed by atoms with Crippen LogP contribution in [0.1, 0.15) is 24.4 Å². The van der Waals surface area contributed by atoms with Crippen LogP contribution in [0.4, 0.5) is 0 Å². The minimum absolute atomic E-state index is 0.0484. The Morgan fingerprint density at radius 3 is 2.80 bits per heavy atom. The number of nitrogens with zero attached hydrogens (tertiary/aromatic N) is 1. The predicted molar refractivity (Wildman–Crippen MR) is 75.4 cm³/mol. The Morgan fingerprint density at radius 2 is 2.20 bits per heavy atom. The average Bonchev–Trinajstić information content (AvgIpc) is 2.81. The number of halogens is 1. The van der Waals surface area contributed by atoms with E-state index in [9.17, 15) is 9.59 Å². The number of hydrogen-bond acceptors (Lipinski definition) is 4. The highest BCUT2D eigenvalue weighted by Gasteiger charge is 2.29. The van der Waals surface area contributed by atoms with E-state index in [1.165, 1.54) is 0 Å². The molecule has 1 N–H and O–H groups in total. The van der Waals surface area contributed by atoms with Crippen LogP contribution in [0.2, 0.25) is 0 Å². The minimum atomic E-state index is -0.406. The Labute approximate surface area is 125 Å². The van der Waals surface area contributed by atoms with Gasteiger partial charge in [0.05, 0.1) is 18.8 Å². The van der Waals surface area contributed by atoms with Crippen molar-refractivity contribution in [3.8, 4) is 0 Å². The zero-order chi connectivity index (χ0) is 14.8. The summed E-state index contributed by atoms with van der Waals surface area (Å²) in [6.07, 6.45) is 0. The minimum Gasteiger partial charge on any atom is -0.444 e. The number of nitrogens with one attached hydrogen (secondary N) is 1. The van der Waals surface area contributed by atoms with E-state index in [2.05, 4.69) is 21.2 Å². The van der Waals surface area contributed by atoms with E-state index < -0.39 is 5.91 Å². The summed E-state index contributed by atoms with van der Waals surface area (Å²) < 4.78 is 11.1. The lowest BCUT2D eigenvalue weighted by atomic mass is 10.1. The Balaban J connectivity index is 1.84. The molecule has 0 unspecified atom stereocenters. The van der Waals surface area contributed by atoms with E-state index in [-0.39, 0.29) is 23.8 Å². The zero-order valence-electron chi connectivity index (χ0n) is 11.4. The molecule has 110 valence electrons. The first-order valence-corrected chi connectivity index (χ1v) is 7.12. The van der Waals surface area contributed by atoms with Crippen molar-refractivity contribution in [2.24, 2.45) is 0 Å². The molecule has 0 atom stereocenters. The molecule has 0 aliphatic carbocycles. The van der Waals surface area contributed by atoms with Crippen molar-refractivity contribution in [3.05, 3.63) is 22.6 Å². The summed E-state index contributed by atoms with van der Waals surface area (Å²) in [5.74, 6) is -0.358. The average molecular weight is 345 g/mol. The van der Waals surface area contributed by atoms with Gasteiger partial charge in [-0.25, -0.2) is 0 Å². The maximum Gasteiger partial charge on any atom is 0.287 e. The van der Waals surface area contributed by atoms with E-state index in [1.54, 1.807) is 17.0 Å². The Bertz CT molecular complexity index is 512. The summed E-state index contributed by atoms with van der Waals surface area (Å²) in [7, 11) is 0. The largest absolute Gasteiger partial charge is 0.444 e. The topological polar surface area (TPSA) is 71.8 Å². The van der Waals surface area contributed by atoms with Gasteiger partial charge in [-0.2, -0.15) is 0 Å². The number of morpholine rings is 1. The van der Waals surface area contributed by atoms with Gasteiger partial charge in [0, 0.05) is 13.1 Å². The maximum atomic E-state index is 12.0. The number of ether oxygens (including phenoxy) is 1. The molecule has 1 aliphatic rings. The number of amides is 2. The second-order valence-electron chi connectivity index (χ2n) is 5.21. The van der Waals surface area contributed by atoms with Crippen molar-refractivity contribution in [1.82, 2.24) is 10.2 Å². The predicted octanol–water partition coefficient (Wildman–Crippen LogP) is 1.41. The van der Waals surface area contributed by atoms with E-state index in [4.69, 9.17) is 9.15 Å². The van der Waals surface area contributed by atoms with Crippen LogP contribution in [0.15, 0.2) is 21.2 Å². The molecule has 20 heavy (non-hydrogen) atoms. The molecule has 2 amide bonds. The van der Waals surface area contributed by atoms with Crippen molar-refractivity contribution < 1.29 is 18.7 Å². The normalized spacial score (nSPS) is 17.9. The first-order chi connectivity index (χ1) is 9.37. The summed E-state index contributed by atoms with van der Waals surface area (Å²) in [5.41, 5.74) is -0.343. The highest BCUT2D eigenvalue weighted by atomic mass is 79.9. The number of carbonyl (C=O) groups is 2. The molecule has 2 heterocycles. The van der Waals surface area contributed by atoms with E-state index in [0.717, 1.165) is 0 Å². The standard InChI is InChI=1S/C13H17BrN2O4/c1-13(2)8-16(5-6-19-13)11(17)7-15-12(18)9-3-4-10(14)20-9/h3-4H,5-8H2,1-2H3,(H,15,18). The molecule has 2 rings (SSSR count). The van der Waals surface area contributed by atoms with Crippen molar-refractivity contribution in [3.63, 3.8) is 0 Å². The lowest BCUT2D eigenvalue weighted by molar-refractivity contribution is -0.144. The monoisotopic (exact) mass is 344 g/mol. The van der Waals surface area contributed by atoms with Gasteiger partial charge >= 0.3 is 0 Å². The molecule has 1 saturated heterocycles. The fourth-order valence-electron chi connectivity index (χ4n) is 2.02. The van der Waals surface area contributed by atoms with Crippen molar-refractivity contribution in [2.45, 2.75) is 19.4 Å². The third kappa shape index (κ3) is 3.83. The summed E-state index contributed by atoms with van der Waals surface area (Å²) >= 11 is 3.12. The third-order valence-corrected chi connectivity index (χ3v) is 3.40. The molecule has 1 aromatic rings. The molecule has 0 saturated carbocycles. The van der Waals surface area contributed by atoms with Gasteiger partial charge in [-0.1, -0.05) is 0 Å². The van der Waals surface area contributed by atoms with Crippen molar-refractivity contribution in [1.29, 1.82) is 0 Å². The van der Waals surface area contributed by atoms with Crippen LogP contribution in [0.3, 0.4) is 0 Å². The van der Waals surface area contributed by atoms with Crippen molar-refractivity contribution in [2.75, 3.05) is 26.2 Å². The molecule has 0 aromatic carbocycles. The number of furan rings is 1. The lowest BCUT2D eigenvalue weighted by Crippen LogP contribution is -2.52. The van der Waals surface area contributed by atoms with Gasteiger partial charge in [-0.15, -0.1) is 0 Å². The molecule has 0 radical (unpaired) electrons. The van der Waals surface area contributed by atoms with Gasteiger partial charge in [0.1, 0.15) is 0 Å². The molecule has 0 spiro atoms. The molecular formula is C13H17BrN2O4. The number of hydrogen-bond donors (Lipinski definition) is 1. The molecule has 0 bridgehead atoms. The van der Waals surface area contributed by atoms with Crippen LogP contribution < -0.4 is 5.32 Å². The quantitative estimate of drug-likeness (QED) is 0.899. The second kappa shape index (κ2) is 5.97. The third-order valence-electron chi connectivity index (χ3n) is 2.98. The molecule has 1 aromatic heterocycles. The highest BCUT2D eigenvalue weighted by Crippen LogP contribution is 2.16. The smallest absolute Gasteiger partial charge is 0.287 e. The summed E-state index contributed by atoms with van der Waals surface area (Å²) in [4.78, 5) is 25.5. The van der Waals surface area contributed by atoms with Crippen LogP contribution in [0, 0.1) is 0 Å². The Hall–Kier alpha value is -1.34. The SMILES string of the molecule is CC1(C)CN(C(=O)CNC(=O)c2ccc(Br)o2)CCO1. The van der Waals surface area contributed by atoms with E-state index >= 15 is 0 Å². The van der Waals surface area contributed by atoms with Crippen LogP contribution in [-0.4, -0.2) is 48.6 Å². The zero-order valence-corrected chi connectivity index (χ0v) is 13.0. The van der Waals surface area contributed by atoms with Crippen molar-refractivity contribution >= 4 is 27.7 Å². The highest BCUT2D eigenvalue weighted by molar-refractivity contribution is 9.10. The fraction of sp³-hybridized carbons (Fsp3) is 0.538. The molecule has 6 nitrogen and oxygen atoms in total. The second-order valence-corrected chi connectivity index (χ2v) is 5.99. The van der Waals surface area contributed by atoms with Gasteiger partial charge in [-0.05, 0) is 41.9 Å². The van der Waals surface area contributed by atoms with Gasteiger partial charge in [0.15, 0.2) is 10.4 Å². The van der Waals surface area contributed by atoms with Gasteiger partial charge < -0.3 is 19.4 Å². The Kier molecular flexibility index (Phi) is 4.49. The van der Waals surface area contributed by atoms with E-state index in [0.29, 0.717) is 24.4 Å². The lowest BCUT2D eigenvalue weighted by Gasteiger charge is -2.38. The fourth-order valence-corrected chi connectivity index (χ4v) is 2.33. The van der Waals surface area contributed by atoms with Crippen LogP contribution in [0.5, 0.6) is 0 Å². The number of rotatable bonds is 3.